The number of para-hydroxylation sites is 1. The minimum absolute atomic E-state index is 0.0298. The van der Waals surface area contributed by atoms with Crippen LogP contribution in [0.15, 0.2) is 24.3 Å². The van der Waals surface area contributed by atoms with Crippen LogP contribution in [-0.2, 0) is 14.3 Å². The number of benzene rings is 1. The van der Waals surface area contributed by atoms with E-state index >= 15 is 0 Å². The molecule has 1 unspecified atom stereocenters. The Morgan fingerprint density at radius 2 is 2.20 bits per heavy atom. The van der Waals surface area contributed by atoms with Gasteiger partial charge in [-0.1, -0.05) is 18.2 Å². The topological polar surface area (TPSA) is 67.4 Å². The zero-order chi connectivity index (χ0) is 14.4. The summed E-state index contributed by atoms with van der Waals surface area (Å²) in [5, 5.41) is 6.05. The maximum absolute atomic E-state index is 11.9. The molecule has 0 saturated heterocycles. The van der Waals surface area contributed by atoms with Crippen molar-refractivity contribution in [2.24, 2.45) is 0 Å². The molecule has 0 radical (unpaired) electrons. The van der Waals surface area contributed by atoms with Gasteiger partial charge in [0.1, 0.15) is 0 Å². The third-order valence-electron chi connectivity index (χ3n) is 3.33. The van der Waals surface area contributed by atoms with E-state index in [1.807, 2.05) is 24.3 Å². The summed E-state index contributed by atoms with van der Waals surface area (Å²) in [5.74, 6) is -0.104. The maximum atomic E-state index is 11.9. The molecule has 1 aliphatic rings. The fourth-order valence-corrected chi connectivity index (χ4v) is 2.37. The predicted molar refractivity (Wildman–Crippen MR) is 76.5 cm³/mol. The van der Waals surface area contributed by atoms with Gasteiger partial charge in [0.15, 0.2) is 0 Å². The molecule has 1 aromatic rings. The molecule has 0 fully saturated rings. The molecule has 2 N–H and O–H groups in total. The molecule has 1 amide bonds. The van der Waals surface area contributed by atoms with Crippen molar-refractivity contribution in [2.75, 3.05) is 25.0 Å². The molecule has 0 saturated carbocycles. The lowest BCUT2D eigenvalue weighted by atomic mass is 9.97. The Morgan fingerprint density at radius 3 is 3.00 bits per heavy atom. The van der Waals surface area contributed by atoms with Crippen LogP contribution in [0.25, 0.3) is 0 Å². The van der Waals surface area contributed by atoms with Gasteiger partial charge in [-0.2, -0.15) is 0 Å². The smallest absolute Gasteiger partial charge is 0.307 e. The Bertz CT molecular complexity index is 488. The lowest BCUT2D eigenvalue weighted by Gasteiger charge is -2.10. The highest BCUT2D eigenvalue weighted by Gasteiger charge is 2.23. The van der Waals surface area contributed by atoms with Gasteiger partial charge in [-0.05, 0) is 18.6 Å². The molecule has 0 aromatic heterocycles. The highest BCUT2D eigenvalue weighted by molar-refractivity contribution is 5.79. The van der Waals surface area contributed by atoms with Gasteiger partial charge in [0.2, 0.25) is 5.91 Å². The molecule has 20 heavy (non-hydrogen) atoms. The van der Waals surface area contributed by atoms with Crippen molar-refractivity contribution in [2.45, 2.75) is 25.7 Å². The largest absolute Gasteiger partial charge is 0.466 e. The number of nitrogens with one attached hydrogen (secondary N) is 2. The van der Waals surface area contributed by atoms with Crippen molar-refractivity contribution < 1.29 is 14.3 Å². The molecule has 1 atom stereocenters. The molecular formula is C15H20N2O3. The average Bonchev–Trinajstić information content (AvgIpc) is 2.83. The third-order valence-corrected chi connectivity index (χ3v) is 3.33. The number of ether oxygens (including phenoxy) is 1. The highest BCUT2D eigenvalue weighted by Crippen LogP contribution is 2.32. The summed E-state index contributed by atoms with van der Waals surface area (Å²) in [6, 6.07) is 8.03. The van der Waals surface area contributed by atoms with Crippen LogP contribution < -0.4 is 10.6 Å². The van der Waals surface area contributed by atoms with Crippen LogP contribution in [-0.4, -0.2) is 31.6 Å². The SMILES string of the molecule is CCOC(=O)CCNC(=O)CC1CNc2ccccc21. The number of carbonyl (C=O) groups is 2. The molecule has 5 nitrogen and oxygen atoms in total. The highest BCUT2D eigenvalue weighted by atomic mass is 16.5. The zero-order valence-electron chi connectivity index (χ0n) is 11.6. The van der Waals surface area contributed by atoms with Gasteiger partial charge in [0, 0.05) is 31.1 Å². The van der Waals surface area contributed by atoms with Crippen molar-refractivity contribution in [1.29, 1.82) is 0 Å². The number of esters is 1. The quantitative estimate of drug-likeness (QED) is 0.775. The third kappa shape index (κ3) is 3.73. The molecule has 1 aliphatic heterocycles. The second-order valence-corrected chi connectivity index (χ2v) is 4.77. The van der Waals surface area contributed by atoms with E-state index in [0.717, 1.165) is 12.2 Å². The Balaban J connectivity index is 1.75. The van der Waals surface area contributed by atoms with Crippen molar-refractivity contribution in [3.63, 3.8) is 0 Å². The fraction of sp³-hybridized carbons (Fsp3) is 0.467. The summed E-state index contributed by atoms with van der Waals surface area (Å²) < 4.78 is 4.80. The number of fused-ring (bicyclic) bond motifs is 1. The Labute approximate surface area is 118 Å². The maximum Gasteiger partial charge on any atom is 0.307 e. The van der Waals surface area contributed by atoms with Gasteiger partial charge in [0.05, 0.1) is 13.0 Å². The van der Waals surface area contributed by atoms with Crippen molar-refractivity contribution in [3.8, 4) is 0 Å². The van der Waals surface area contributed by atoms with E-state index < -0.39 is 0 Å². The number of anilines is 1. The van der Waals surface area contributed by atoms with E-state index in [1.165, 1.54) is 5.56 Å². The molecule has 0 aliphatic carbocycles. The molecule has 2 rings (SSSR count). The molecule has 1 aromatic carbocycles. The number of rotatable bonds is 6. The van der Waals surface area contributed by atoms with Gasteiger partial charge < -0.3 is 15.4 Å². The summed E-state index contributed by atoms with van der Waals surface area (Å²) in [6.07, 6.45) is 0.659. The first kappa shape index (κ1) is 14.4. The lowest BCUT2D eigenvalue weighted by Crippen LogP contribution is -2.28. The van der Waals surface area contributed by atoms with E-state index in [1.54, 1.807) is 6.92 Å². The van der Waals surface area contributed by atoms with Crippen molar-refractivity contribution in [1.82, 2.24) is 5.32 Å². The van der Waals surface area contributed by atoms with Gasteiger partial charge in [-0.15, -0.1) is 0 Å². The van der Waals surface area contributed by atoms with Crippen LogP contribution in [0.1, 0.15) is 31.2 Å². The molecule has 1 heterocycles. The monoisotopic (exact) mass is 276 g/mol. The molecular weight excluding hydrogens is 256 g/mol. The Hall–Kier alpha value is -2.04. The van der Waals surface area contributed by atoms with Gasteiger partial charge >= 0.3 is 5.97 Å². The normalized spacial score (nSPS) is 16.1. The summed E-state index contributed by atoms with van der Waals surface area (Å²) in [4.78, 5) is 23.0. The summed E-state index contributed by atoms with van der Waals surface area (Å²) >= 11 is 0. The number of hydrogen-bond donors (Lipinski definition) is 2. The van der Waals surface area contributed by atoms with Crippen LogP contribution in [0.2, 0.25) is 0 Å². The second-order valence-electron chi connectivity index (χ2n) is 4.77. The number of amides is 1. The minimum atomic E-state index is -0.277. The zero-order valence-corrected chi connectivity index (χ0v) is 11.6. The van der Waals surface area contributed by atoms with Crippen molar-refractivity contribution >= 4 is 17.6 Å². The Kier molecular flexibility index (Phi) is 4.98. The van der Waals surface area contributed by atoms with Gasteiger partial charge in [0.25, 0.3) is 0 Å². The fourth-order valence-electron chi connectivity index (χ4n) is 2.37. The minimum Gasteiger partial charge on any atom is -0.466 e. The van der Waals surface area contributed by atoms with Crippen LogP contribution in [0.5, 0.6) is 0 Å². The first-order valence-electron chi connectivity index (χ1n) is 6.95. The van der Waals surface area contributed by atoms with Crippen LogP contribution in [0.4, 0.5) is 5.69 Å². The molecule has 0 spiro atoms. The van der Waals surface area contributed by atoms with Crippen LogP contribution in [0, 0.1) is 0 Å². The summed E-state index contributed by atoms with van der Waals surface area (Å²) in [5.41, 5.74) is 2.30. The first-order chi connectivity index (χ1) is 9.70. The molecule has 0 bridgehead atoms. The number of hydrogen-bond acceptors (Lipinski definition) is 4. The predicted octanol–water partition coefficient (Wildman–Crippen LogP) is 1.66. The van der Waals surface area contributed by atoms with E-state index in [9.17, 15) is 9.59 Å². The van der Waals surface area contributed by atoms with E-state index in [2.05, 4.69) is 10.6 Å². The summed E-state index contributed by atoms with van der Waals surface area (Å²) in [7, 11) is 0. The lowest BCUT2D eigenvalue weighted by molar-refractivity contribution is -0.143. The van der Waals surface area contributed by atoms with Gasteiger partial charge in [-0.3, -0.25) is 9.59 Å². The van der Waals surface area contributed by atoms with Crippen molar-refractivity contribution in [3.05, 3.63) is 29.8 Å². The van der Waals surface area contributed by atoms with E-state index in [0.29, 0.717) is 19.6 Å². The molecule has 5 heteroatoms. The van der Waals surface area contributed by atoms with E-state index in [-0.39, 0.29) is 24.2 Å². The molecule has 108 valence electrons. The van der Waals surface area contributed by atoms with Gasteiger partial charge in [-0.25, -0.2) is 0 Å². The average molecular weight is 276 g/mol. The Morgan fingerprint density at radius 1 is 1.40 bits per heavy atom. The first-order valence-corrected chi connectivity index (χ1v) is 6.95. The second kappa shape index (κ2) is 6.93. The standard InChI is InChI=1S/C15H20N2O3/c1-2-20-15(19)7-8-16-14(18)9-11-10-17-13-6-4-3-5-12(11)13/h3-6,11,17H,2,7-10H2,1H3,(H,16,18). The van der Waals surface area contributed by atoms with Crippen LogP contribution in [0.3, 0.4) is 0 Å². The van der Waals surface area contributed by atoms with E-state index in [4.69, 9.17) is 4.74 Å². The van der Waals surface area contributed by atoms with Crippen LogP contribution >= 0.6 is 0 Å². The summed E-state index contributed by atoms with van der Waals surface area (Å²) in [6.45, 7) is 3.25. The number of carbonyl (C=O) groups excluding carboxylic acids is 2.